The predicted molar refractivity (Wildman–Crippen MR) is 63.9 cm³/mol. The van der Waals surface area contributed by atoms with Crippen molar-refractivity contribution in [2.45, 2.75) is 45.3 Å². The van der Waals surface area contributed by atoms with Gasteiger partial charge in [-0.25, -0.2) is 0 Å². The smallest absolute Gasteiger partial charge is 0.0698 e. The van der Waals surface area contributed by atoms with Crippen molar-refractivity contribution in [2.75, 3.05) is 26.7 Å². The highest BCUT2D eigenvalue weighted by Crippen LogP contribution is 2.13. The Morgan fingerprint density at radius 3 is 2.80 bits per heavy atom. The Hall–Kier alpha value is -0.120. The Balaban J connectivity index is 2.25. The standard InChI is InChI=1S/C12H26N2O/c1-10(2)7-11(13)8-14-6-4-5-12(9-14)15-3/h10-12H,4-9,13H2,1-3H3. The summed E-state index contributed by atoms with van der Waals surface area (Å²) >= 11 is 0. The van der Waals surface area contributed by atoms with Gasteiger partial charge in [-0.05, 0) is 31.7 Å². The fraction of sp³-hybridized carbons (Fsp3) is 1.00. The minimum Gasteiger partial charge on any atom is -0.380 e. The Labute approximate surface area is 94.0 Å². The summed E-state index contributed by atoms with van der Waals surface area (Å²) in [7, 11) is 1.81. The van der Waals surface area contributed by atoms with Crippen molar-refractivity contribution in [3.05, 3.63) is 0 Å². The number of likely N-dealkylation sites (tertiary alicyclic amines) is 1. The van der Waals surface area contributed by atoms with Crippen LogP contribution in [0.15, 0.2) is 0 Å². The number of nitrogens with zero attached hydrogens (tertiary/aromatic N) is 1. The minimum atomic E-state index is 0.320. The van der Waals surface area contributed by atoms with Crippen molar-refractivity contribution < 1.29 is 4.74 Å². The Bertz CT molecular complexity index is 173. The second-order valence-electron chi connectivity index (χ2n) is 5.15. The highest BCUT2D eigenvalue weighted by Gasteiger charge is 2.20. The predicted octanol–water partition coefficient (Wildman–Crippen LogP) is 1.47. The summed E-state index contributed by atoms with van der Waals surface area (Å²) in [5.41, 5.74) is 6.11. The SMILES string of the molecule is COC1CCCN(CC(N)CC(C)C)C1. The summed E-state index contributed by atoms with van der Waals surface area (Å²) < 4.78 is 5.40. The lowest BCUT2D eigenvalue weighted by atomic mass is 10.0. The van der Waals surface area contributed by atoms with E-state index in [0.29, 0.717) is 18.1 Å². The number of nitrogens with two attached hydrogens (primary N) is 1. The van der Waals surface area contributed by atoms with Crippen LogP contribution in [0.2, 0.25) is 0 Å². The van der Waals surface area contributed by atoms with Gasteiger partial charge in [-0.2, -0.15) is 0 Å². The van der Waals surface area contributed by atoms with Crippen molar-refractivity contribution >= 4 is 0 Å². The number of piperidine rings is 1. The van der Waals surface area contributed by atoms with Crippen molar-refractivity contribution in [1.29, 1.82) is 0 Å². The maximum Gasteiger partial charge on any atom is 0.0698 e. The third kappa shape index (κ3) is 4.96. The number of hydrogen-bond donors (Lipinski definition) is 1. The van der Waals surface area contributed by atoms with Crippen molar-refractivity contribution in [3.63, 3.8) is 0 Å². The third-order valence-corrected chi connectivity index (χ3v) is 3.06. The molecule has 0 amide bonds. The molecule has 1 saturated heterocycles. The summed E-state index contributed by atoms with van der Waals surface area (Å²) in [5, 5.41) is 0. The lowest BCUT2D eigenvalue weighted by Gasteiger charge is -2.33. The first kappa shape index (κ1) is 12.9. The molecule has 1 rings (SSSR count). The number of ether oxygens (including phenoxy) is 1. The van der Waals surface area contributed by atoms with E-state index in [-0.39, 0.29) is 0 Å². The molecular formula is C12H26N2O. The fourth-order valence-corrected chi connectivity index (χ4v) is 2.38. The number of methoxy groups -OCH3 is 1. The molecule has 2 atom stereocenters. The lowest BCUT2D eigenvalue weighted by molar-refractivity contribution is 0.0288. The van der Waals surface area contributed by atoms with E-state index >= 15 is 0 Å². The van der Waals surface area contributed by atoms with E-state index in [1.54, 1.807) is 0 Å². The van der Waals surface area contributed by atoms with Crippen LogP contribution in [0.4, 0.5) is 0 Å². The molecule has 2 unspecified atom stereocenters. The highest BCUT2D eigenvalue weighted by atomic mass is 16.5. The molecule has 1 fully saturated rings. The largest absolute Gasteiger partial charge is 0.380 e. The average molecular weight is 214 g/mol. The lowest BCUT2D eigenvalue weighted by Crippen LogP contribution is -2.45. The molecule has 0 saturated carbocycles. The normalized spacial score (nSPS) is 25.8. The molecule has 0 aromatic heterocycles. The van der Waals surface area contributed by atoms with Crippen LogP contribution in [0.3, 0.4) is 0 Å². The van der Waals surface area contributed by atoms with Crippen molar-refractivity contribution in [2.24, 2.45) is 11.7 Å². The minimum absolute atomic E-state index is 0.320. The van der Waals surface area contributed by atoms with Crippen LogP contribution in [-0.2, 0) is 4.74 Å². The highest BCUT2D eigenvalue weighted by molar-refractivity contribution is 4.77. The first-order valence-electron chi connectivity index (χ1n) is 6.12. The molecule has 3 heteroatoms. The van der Waals surface area contributed by atoms with Gasteiger partial charge in [0.1, 0.15) is 0 Å². The molecule has 1 aliphatic heterocycles. The number of hydrogen-bond acceptors (Lipinski definition) is 3. The van der Waals surface area contributed by atoms with Crippen LogP contribution in [-0.4, -0.2) is 43.8 Å². The molecule has 0 spiro atoms. The van der Waals surface area contributed by atoms with E-state index in [1.807, 2.05) is 7.11 Å². The van der Waals surface area contributed by atoms with Gasteiger partial charge < -0.3 is 10.5 Å². The zero-order valence-corrected chi connectivity index (χ0v) is 10.4. The maximum atomic E-state index is 6.11. The second-order valence-corrected chi connectivity index (χ2v) is 5.15. The van der Waals surface area contributed by atoms with Crippen molar-refractivity contribution in [1.82, 2.24) is 4.90 Å². The van der Waals surface area contributed by atoms with Crippen LogP contribution < -0.4 is 5.73 Å². The van der Waals surface area contributed by atoms with Crippen LogP contribution in [0.25, 0.3) is 0 Å². The molecule has 0 aromatic carbocycles. The van der Waals surface area contributed by atoms with Gasteiger partial charge in [-0.3, -0.25) is 4.90 Å². The second kappa shape index (κ2) is 6.46. The molecular weight excluding hydrogens is 188 g/mol. The zero-order valence-electron chi connectivity index (χ0n) is 10.4. The molecule has 2 N–H and O–H groups in total. The maximum absolute atomic E-state index is 6.11. The Morgan fingerprint density at radius 1 is 1.47 bits per heavy atom. The van der Waals surface area contributed by atoms with Gasteiger partial charge in [0, 0.05) is 26.2 Å². The van der Waals surface area contributed by atoms with Gasteiger partial charge in [-0.15, -0.1) is 0 Å². The monoisotopic (exact) mass is 214 g/mol. The number of rotatable bonds is 5. The third-order valence-electron chi connectivity index (χ3n) is 3.06. The van der Waals surface area contributed by atoms with Crippen LogP contribution in [0, 0.1) is 5.92 Å². The van der Waals surface area contributed by atoms with Crippen LogP contribution in [0.5, 0.6) is 0 Å². The van der Waals surface area contributed by atoms with E-state index in [2.05, 4.69) is 18.7 Å². The van der Waals surface area contributed by atoms with E-state index in [9.17, 15) is 0 Å². The van der Waals surface area contributed by atoms with Gasteiger partial charge in [0.2, 0.25) is 0 Å². The van der Waals surface area contributed by atoms with Crippen molar-refractivity contribution in [3.8, 4) is 0 Å². The molecule has 0 aliphatic carbocycles. The van der Waals surface area contributed by atoms with Gasteiger partial charge in [-0.1, -0.05) is 13.8 Å². The molecule has 15 heavy (non-hydrogen) atoms. The Morgan fingerprint density at radius 2 is 2.20 bits per heavy atom. The fourth-order valence-electron chi connectivity index (χ4n) is 2.38. The summed E-state index contributed by atoms with van der Waals surface area (Å²) in [5.74, 6) is 0.697. The quantitative estimate of drug-likeness (QED) is 0.753. The van der Waals surface area contributed by atoms with E-state index in [0.717, 1.165) is 19.5 Å². The summed E-state index contributed by atoms with van der Waals surface area (Å²) in [6.07, 6.45) is 3.98. The summed E-state index contributed by atoms with van der Waals surface area (Å²) in [6.45, 7) is 7.73. The van der Waals surface area contributed by atoms with Crippen LogP contribution >= 0.6 is 0 Å². The molecule has 1 aliphatic rings. The van der Waals surface area contributed by atoms with Gasteiger partial charge in [0.05, 0.1) is 6.10 Å². The summed E-state index contributed by atoms with van der Waals surface area (Å²) in [4.78, 5) is 2.45. The van der Waals surface area contributed by atoms with E-state index in [4.69, 9.17) is 10.5 Å². The zero-order chi connectivity index (χ0) is 11.3. The first-order chi connectivity index (χ1) is 7.11. The average Bonchev–Trinajstić information content (AvgIpc) is 2.16. The van der Waals surface area contributed by atoms with Crippen LogP contribution in [0.1, 0.15) is 33.1 Å². The first-order valence-corrected chi connectivity index (χ1v) is 6.12. The molecule has 0 bridgehead atoms. The molecule has 1 heterocycles. The van der Waals surface area contributed by atoms with Gasteiger partial charge in [0.15, 0.2) is 0 Å². The molecule has 3 nitrogen and oxygen atoms in total. The van der Waals surface area contributed by atoms with E-state index < -0.39 is 0 Å². The molecule has 0 aromatic rings. The van der Waals surface area contributed by atoms with Gasteiger partial charge >= 0.3 is 0 Å². The molecule has 0 radical (unpaired) electrons. The summed E-state index contributed by atoms with van der Waals surface area (Å²) in [6, 6.07) is 0.320. The van der Waals surface area contributed by atoms with Gasteiger partial charge in [0.25, 0.3) is 0 Å². The topological polar surface area (TPSA) is 38.5 Å². The van der Waals surface area contributed by atoms with E-state index in [1.165, 1.54) is 19.4 Å². The molecule has 90 valence electrons. The Kier molecular flexibility index (Phi) is 5.58.